The Hall–Kier alpha value is -2.89. The van der Waals surface area contributed by atoms with E-state index in [1.807, 2.05) is 60.7 Å². The number of hydrogen-bond donors (Lipinski definition) is 1. The fourth-order valence-electron chi connectivity index (χ4n) is 3.18. The fourth-order valence-corrected chi connectivity index (χ4v) is 3.18. The Morgan fingerprint density at radius 3 is 1.96 bits per heavy atom. The van der Waals surface area contributed by atoms with E-state index in [-0.39, 0.29) is 13.2 Å². The lowest BCUT2D eigenvalue weighted by molar-refractivity contribution is -0.0597. The number of halogens is 1. The predicted molar refractivity (Wildman–Crippen MR) is 105 cm³/mol. The van der Waals surface area contributed by atoms with Crippen molar-refractivity contribution in [2.24, 2.45) is 5.73 Å². The Balaban J connectivity index is 1.59. The topological polar surface area (TPSA) is 53.7 Å². The summed E-state index contributed by atoms with van der Waals surface area (Å²) in [6, 6.07) is 22.5. The first-order chi connectivity index (χ1) is 13.6. The molecule has 5 heteroatoms. The maximum absolute atomic E-state index is 15.0. The molecule has 1 heterocycles. The highest BCUT2D eigenvalue weighted by Crippen LogP contribution is 2.39. The fraction of sp³-hybridized carbons (Fsp3) is 0.217. The van der Waals surface area contributed by atoms with Crippen molar-refractivity contribution < 1.29 is 18.6 Å². The molecular weight excluding hydrogens is 357 g/mol. The van der Waals surface area contributed by atoms with Crippen molar-refractivity contribution >= 4 is 0 Å². The third kappa shape index (κ3) is 4.01. The quantitative estimate of drug-likeness (QED) is 0.670. The number of benzene rings is 3. The number of hydrogen-bond acceptors (Lipinski definition) is 4. The number of rotatable bonds is 7. The molecule has 3 aromatic rings. The smallest absolute Gasteiger partial charge is 0.135 e. The maximum Gasteiger partial charge on any atom is 0.135 e. The van der Waals surface area contributed by atoms with Crippen LogP contribution in [0.25, 0.3) is 0 Å². The van der Waals surface area contributed by atoms with Crippen LogP contribution in [-0.2, 0) is 23.5 Å². The minimum atomic E-state index is -0.881. The Kier molecular flexibility index (Phi) is 5.28. The summed E-state index contributed by atoms with van der Waals surface area (Å²) in [5.74, 6) is 0.342. The van der Waals surface area contributed by atoms with Crippen molar-refractivity contribution in [3.63, 3.8) is 0 Å². The molecule has 1 aliphatic rings. The Labute approximate surface area is 163 Å². The molecule has 2 N–H and O–H groups in total. The van der Waals surface area contributed by atoms with Gasteiger partial charge in [0.2, 0.25) is 0 Å². The summed E-state index contributed by atoms with van der Waals surface area (Å²) in [6.07, 6.45) is 0. The summed E-state index contributed by atoms with van der Waals surface area (Å²) < 4.78 is 32.0. The molecule has 4 nitrogen and oxygen atoms in total. The van der Waals surface area contributed by atoms with E-state index < -0.39 is 11.4 Å². The Bertz CT molecular complexity index is 927. The summed E-state index contributed by atoms with van der Waals surface area (Å²) in [7, 11) is 0. The maximum atomic E-state index is 15.0. The van der Waals surface area contributed by atoms with Gasteiger partial charge in [-0.05, 0) is 11.1 Å². The molecule has 28 heavy (non-hydrogen) atoms. The highest BCUT2D eigenvalue weighted by atomic mass is 19.1. The first-order valence-corrected chi connectivity index (χ1v) is 9.18. The molecule has 4 rings (SSSR count). The lowest BCUT2D eigenvalue weighted by Crippen LogP contribution is -2.55. The molecular formula is C23H22FNO3. The van der Waals surface area contributed by atoms with E-state index in [0.717, 1.165) is 11.1 Å². The summed E-state index contributed by atoms with van der Waals surface area (Å²) in [4.78, 5) is 0. The SMILES string of the molecule is NC1(c2c(F)cc(OCc3ccccc3)cc2OCc2ccccc2)COC1. The molecule has 0 spiro atoms. The van der Waals surface area contributed by atoms with Crippen LogP contribution in [0.1, 0.15) is 16.7 Å². The second-order valence-corrected chi connectivity index (χ2v) is 6.98. The van der Waals surface area contributed by atoms with E-state index in [9.17, 15) is 4.39 Å². The minimum Gasteiger partial charge on any atom is -0.489 e. The third-order valence-electron chi connectivity index (χ3n) is 4.73. The summed E-state index contributed by atoms with van der Waals surface area (Å²) in [5, 5.41) is 0. The van der Waals surface area contributed by atoms with E-state index in [1.54, 1.807) is 6.07 Å². The van der Waals surface area contributed by atoms with Crippen LogP contribution in [0.2, 0.25) is 0 Å². The van der Waals surface area contributed by atoms with E-state index >= 15 is 0 Å². The minimum absolute atomic E-state index is 0.260. The van der Waals surface area contributed by atoms with Gasteiger partial charge in [0, 0.05) is 12.1 Å². The van der Waals surface area contributed by atoms with Crippen LogP contribution in [0.15, 0.2) is 72.8 Å². The molecule has 1 saturated heterocycles. The average Bonchev–Trinajstić information content (AvgIpc) is 2.70. The van der Waals surface area contributed by atoms with Gasteiger partial charge >= 0.3 is 0 Å². The average molecular weight is 379 g/mol. The zero-order chi connectivity index (χ0) is 19.4. The van der Waals surface area contributed by atoms with Gasteiger partial charge in [0.15, 0.2) is 0 Å². The van der Waals surface area contributed by atoms with Crippen molar-refractivity contribution in [1.29, 1.82) is 0 Å². The molecule has 0 atom stereocenters. The zero-order valence-corrected chi connectivity index (χ0v) is 15.4. The van der Waals surface area contributed by atoms with Crippen molar-refractivity contribution in [1.82, 2.24) is 0 Å². The second-order valence-electron chi connectivity index (χ2n) is 6.98. The highest BCUT2D eigenvalue weighted by Gasteiger charge is 2.41. The van der Waals surface area contributed by atoms with Crippen molar-refractivity contribution in [3.05, 3.63) is 95.3 Å². The van der Waals surface area contributed by atoms with Gasteiger partial charge in [-0.1, -0.05) is 60.7 Å². The van der Waals surface area contributed by atoms with Crippen LogP contribution in [0, 0.1) is 5.82 Å². The molecule has 0 aromatic heterocycles. The Morgan fingerprint density at radius 2 is 1.43 bits per heavy atom. The van der Waals surface area contributed by atoms with Gasteiger partial charge in [0.25, 0.3) is 0 Å². The van der Waals surface area contributed by atoms with Crippen LogP contribution in [0.3, 0.4) is 0 Å². The van der Waals surface area contributed by atoms with Gasteiger partial charge in [0.1, 0.15) is 30.5 Å². The normalized spacial score (nSPS) is 14.9. The number of ether oxygens (including phenoxy) is 3. The van der Waals surface area contributed by atoms with Gasteiger partial charge < -0.3 is 19.9 Å². The van der Waals surface area contributed by atoms with Crippen molar-refractivity contribution in [2.75, 3.05) is 13.2 Å². The molecule has 0 bridgehead atoms. The van der Waals surface area contributed by atoms with Gasteiger partial charge in [-0.2, -0.15) is 0 Å². The van der Waals surface area contributed by atoms with Crippen LogP contribution in [0.4, 0.5) is 4.39 Å². The summed E-state index contributed by atoms with van der Waals surface area (Å²) >= 11 is 0. The van der Waals surface area contributed by atoms with Crippen LogP contribution in [-0.4, -0.2) is 13.2 Å². The summed E-state index contributed by atoms with van der Waals surface area (Å²) in [5.41, 5.74) is 7.77. The zero-order valence-electron chi connectivity index (χ0n) is 15.4. The van der Waals surface area contributed by atoms with Gasteiger partial charge in [-0.15, -0.1) is 0 Å². The largest absolute Gasteiger partial charge is 0.489 e. The van der Waals surface area contributed by atoms with Crippen LogP contribution < -0.4 is 15.2 Å². The van der Waals surface area contributed by atoms with E-state index in [0.29, 0.717) is 30.3 Å². The van der Waals surface area contributed by atoms with Crippen molar-refractivity contribution in [2.45, 2.75) is 18.8 Å². The monoisotopic (exact) mass is 379 g/mol. The molecule has 0 unspecified atom stereocenters. The first-order valence-electron chi connectivity index (χ1n) is 9.18. The lowest BCUT2D eigenvalue weighted by atomic mass is 9.88. The van der Waals surface area contributed by atoms with Gasteiger partial charge in [-0.3, -0.25) is 0 Å². The lowest BCUT2D eigenvalue weighted by Gasteiger charge is -2.39. The van der Waals surface area contributed by atoms with Crippen LogP contribution >= 0.6 is 0 Å². The van der Waals surface area contributed by atoms with Gasteiger partial charge in [0.05, 0.1) is 24.3 Å². The second kappa shape index (κ2) is 8.00. The third-order valence-corrected chi connectivity index (χ3v) is 4.73. The molecule has 144 valence electrons. The molecule has 0 amide bonds. The molecule has 1 aliphatic heterocycles. The van der Waals surface area contributed by atoms with E-state index in [2.05, 4.69) is 0 Å². The standard InChI is InChI=1S/C23H22FNO3/c24-20-11-19(27-13-17-7-3-1-4-8-17)12-21(22(20)23(25)15-26-16-23)28-14-18-9-5-2-6-10-18/h1-12H,13-16,25H2. The predicted octanol–water partition coefficient (Wildman–Crippen LogP) is 4.17. The first kappa shape index (κ1) is 18.5. The van der Waals surface area contributed by atoms with Crippen molar-refractivity contribution in [3.8, 4) is 11.5 Å². The molecule has 0 aliphatic carbocycles. The van der Waals surface area contributed by atoms with E-state index in [1.165, 1.54) is 6.07 Å². The molecule has 0 saturated carbocycles. The molecule has 1 fully saturated rings. The van der Waals surface area contributed by atoms with Gasteiger partial charge in [-0.25, -0.2) is 4.39 Å². The molecule has 0 radical (unpaired) electrons. The number of nitrogens with two attached hydrogens (primary N) is 1. The highest BCUT2D eigenvalue weighted by molar-refractivity contribution is 5.47. The summed E-state index contributed by atoms with van der Waals surface area (Å²) in [6.45, 7) is 1.17. The Morgan fingerprint density at radius 1 is 0.857 bits per heavy atom. The molecule has 3 aromatic carbocycles. The van der Waals surface area contributed by atoms with Crippen LogP contribution in [0.5, 0.6) is 11.5 Å². The van der Waals surface area contributed by atoms with E-state index in [4.69, 9.17) is 19.9 Å².